The molecule has 1 aromatic heterocycles. The van der Waals surface area contributed by atoms with Gasteiger partial charge in [0.1, 0.15) is 5.76 Å². The van der Waals surface area contributed by atoms with E-state index in [0.29, 0.717) is 17.3 Å². The van der Waals surface area contributed by atoms with Gasteiger partial charge >= 0.3 is 0 Å². The highest BCUT2D eigenvalue weighted by Gasteiger charge is 2.29. The number of aliphatic hydroxyl groups excluding tert-OH is 1. The zero-order valence-electron chi connectivity index (χ0n) is 8.87. The first-order valence-electron chi connectivity index (χ1n) is 5.02. The summed E-state index contributed by atoms with van der Waals surface area (Å²) in [7, 11) is 0. The molecule has 17 heavy (non-hydrogen) atoms. The van der Waals surface area contributed by atoms with Gasteiger partial charge in [0.2, 0.25) is 5.91 Å². The lowest BCUT2D eigenvalue weighted by molar-refractivity contribution is -0.119. The van der Waals surface area contributed by atoms with Gasteiger partial charge in [0.25, 0.3) is 0 Å². The molecule has 0 spiro atoms. The van der Waals surface area contributed by atoms with Gasteiger partial charge in [-0.1, -0.05) is 11.8 Å². The maximum Gasteiger partial charge on any atom is 0.239 e. The third-order valence-corrected chi connectivity index (χ3v) is 3.19. The number of hydrogen-bond donors (Lipinski definition) is 2. The smallest absolute Gasteiger partial charge is 0.239 e. The summed E-state index contributed by atoms with van der Waals surface area (Å²) in [6.07, 6.45) is 3.41. The summed E-state index contributed by atoms with van der Waals surface area (Å²) in [5, 5.41) is 19.2. The van der Waals surface area contributed by atoms with Crippen LogP contribution >= 0.6 is 11.8 Å². The van der Waals surface area contributed by atoms with E-state index in [9.17, 15) is 4.79 Å². The van der Waals surface area contributed by atoms with Crippen LogP contribution < -0.4 is 5.32 Å². The number of thioether (sulfide) groups is 1. The van der Waals surface area contributed by atoms with Crippen LogP contribution in [0.25, 0.3) is 0 Å². The van der Waals surface area contributed by atoms with Crippen LogP contribution in [0.4, 0.5) is 0 Å². The van der Waals surface area contributed by atoms with Crippen molar-refractivity contribution in [3.05, 3.63) is 24.2 Å². The van der Waals surface area contributed by atoms with Crippen molar-refractivity contribution >= 4 is 29.1 Å². The molecular weight excluding hydrogens is 242 g/mol. The van der Waals surface area contributed by atoms with Crippen LogP contribution in [0.5, 0.6) is 0 Å². The van der Waals surface area contributed by atoms with E-state index in [4.69, 9.17) is 9.52 Å². The van der Waals surface area contributed by atoms with Crippen LogP contribution in [0.15, 0.2) is 33.0 Å². The Morgan fingerprint density at radius 3 is 3.24 bits per heavy atom. The average Bonchev–Trinajstić information content (AvgIpc) is 2.91. The molecule has 0 aromatic carbocycles. The fourth-order valence-electron chi connectivity index (χ4n) is 1.26. The monoisotopic (exact) mass is 253 g/mol. The minimum Gasteiger partial charge on any atom is -0.463 e. The Balaban J connectivity index is 1.93. The molecule has 1 fully saturated rings. The van der Waals surface area contributed by atoms with Crippen LogP contribution in [-0.2, 0) is 4.79 Å². The normalized spacial score (nSPS) is 22.5. The molecule has 2 heterocycles. The molecule has 90 valence electrons. The van der Waals surface area contributed by atoms with E-state index >= 15 is 0 Å². The second-order valence-electron chi connectivity index (χ2n) is 3.27. The number of rotatable bonds is 4. The summed E-state index contributed by atoms with van der Waals surface area (Å²) in [6.45, 7) is -0.0198. The highest BCUT2D eigenvalue weighted by Crippen LogP contribution is 2.21. The molecule has 6 nitrogen and oxygen atoms in total. The second kappa shape index (κ2) is 5.65. The van der Waals surface area contributed by atoms with Gasteiger partial charge in [0.05, 0.1) is 17.7 Å². The fourth-order valence-corrected chi connectivity index (χ4v) is 2.17. The van der Waals surface area contributed by atoms with Crippen molar-refractivity contribution in [2.24, 2.45) is 10.2 Å². The van der Waals surface area contributed by atoms with E-state index in [1.54, 1.807) is 12.1 Å². The summed E-state index contributed by atoms with van der Waals surface area (Å²) in [5.41, 5.74) is 0. The Hall–Kier alpha value is -1.60. The van der Waals surface area contributed by atoms with E-state index in [2.05, 4.69) is 15.5 Å². The standard InChI is InChI=1S/C10H11N3O3S/c14-4-3-8-9(15)12-10(17-8)13-11-6-7-2-1-5-16-7/h1-2,5-6,8,14H,3-4H2,(H,12,13,15)/b11-6+/t8-/m1/s1. The van der Waals surface area contributed by atoms with Crippen molar-refractivity contribution in [3.63, 3.8) is 0 Å². The fraction of sp³-hybridized carbons (Fsp3) is 0.300. The lowest BCUT2D eigenvalue weighted by Gasteiger charge is -1.98. The number of nitrogens with one attached hydrogen (secondary N) is 1. The molecular formula is C10H11N3O3S. The first-order valence-corrected chi connectivity index (χ1v) is 5.90. The number of nitrogens with zero attached hydrogens (tertiary/aromatic N) is 2. The van der Waals surface area contributed by atoms with Gasteiger partial charge in [0.15, 0.2) is 5.17 Å². The Labute approximate surface area is 102 Å². The summed E-state index contributed by atoms with van der Waals surface area (Å²) in [5.74, 6) is 0.451. The molecule has 2 N–H and O–H groups in total. The number of aliphatic hydroxyl groups is 1. The highest BCUT2D eigenvalue weighted by molar-refractivity contribution is 8.15. The van der Waals surface area contributed by atoms with Crippen molar-refractivity contribution in [3.8, 4) is 0 Å². The van der Waals surface area contributed by atoms with Crippen LogP contribution in [0.3, 0.4) is 0 Å². The first kappa shape index (κ1) is 11.9. The largest absolute Gasteiger partial charge is 0.463 e. The van der Waals surface area contributed by atoms with Crippen molar-refractivity contribution < 1.29 is 14.3 Å². The topological polar surface area (TPSA) is 87.2 Å². The Bertz CT molecular complexity index is 442. The molecule has 1 atom stereocenters. The molecule has 0 aliphatic carbocycles. The van der Waals surface area contributed by atoms with Gasteiger partial charge in [0, 0.05) is 6.61 Å². The predicted molar refractivity (Wildman–Crippen MR) is 65.0 cm³/mol. The maximum absolute atomic E-state index is 11.4. The van der Waals surface area contributed by atoms with Crippen LogP contribution in [-0.4, -0.2) is 34.3 Å². The minimum absolute atomic E-state index is 0.0198. The summed E-state index contributed by atoms with van der Waals surface area (Å²) in [4.78, 5) is 11.4. The molecule has 2 rings (SSSR count). The van der Waals surface area contributed by atoms with Crippen molar-refractivity contribution in [2.75, 3.05) is 6.61 Å². The zero-order chi connectivity index (χ0) is 12.1. The van der Waals surface area contributed by atoms with Gasteiger partial charge in [-0.05, 0) is 18.6 Å². The van der Waals surface area contributed by atoms with E-state index < -0.39 is 0 Å². The molecule has 0 bridgehead atoms. The molecule has 1 saturated heterocycles. The third kappa shape index (κ3) is 3.18. The summed E-state index contributed by atoms with van der Waals surface area (Å²) in [6, 6.07) is 3.50. The number of hydrogen-bond acceptors (Lipinski definition) is 6. The Kier molecular flexibility index (Phi) is 3.94. The predicted octanol–water partition coefficient (Wildman–Crippen LogP) is 0.583. The van der Waals surface area contributed by atoms with E-state index in [1.165, 1.54) is 24.2 Å². The van der Waals surface area contributed by atoms with E-state index in [1.807, 2.05) is 0 Å². The van der Waals surface area contributed by atoms with Crippen LogP contribution in [0.1, 0.15) is 12.2 Å². The molecule has 0 radical (unpaired) electrons. The van der Waals surface area contributed by atoms with Crippen LogP contribution in [0, 0.1) is 0 Å². The van der Waals surface area contributed by atoms with Crippen molar-refractivity contribution in [1.29, 1.82) is 0 Å². The van der Waals surface area contributed by atoms with Crippen molar-refractivity contribution in [2.45, 2.75) is 11.7 Å². The number of carbonyl (C=O) groups excluding carboxylic acids is 1. The molecule has 7 heteroatoms. The molecule has 1 aromatic rings. The number of carbonyl (C=O) groups is 1. The third-order valence-electron chi connectivity index (χ3n) is 2.04. The van der Waals surface area contributed by atoms with E-state index in [-0.39, 0.29) is 17.8 Å². The summed E-state index contributed by atoms with van der Waals surface area (Å²) >= 11 is 1.27. The number of furan rings is 1. The molecule has 0 unspecified atom stereocenters. The lowest BCUT2D eigenvalue weighted by atomic mass is 10.3. The first-order chi connectivity index (χ1) is 8.29. The molecule has 1 aliphatic heterocycles. The maximum atomic E-state index is 11.4. The van der Waals surface area contributed by atoms with Gasteiger partial charge in [-0.25, -0.2) is 0 Å². The molecule has 0 saturated carbocycles. The van der Waals surface area contributed by atoms with Gasteiger partial charge < -0.3 is 14.8 Å². The average molecular weight is 253 g/mol. The lowest BCUT2D eigenvalue weighted by Crippen LogP contribution is -2.25. The Morgan fingerprint density at radius 2 is 2.53 bits per heavy atom. The van der Waals surface area contributed by atoms with Gasteiger partial charge in [-0.2, -0.15) is 5.10 Å². The molecule has 1 amide bonds. The summed E-state index contributed by atoms with van der Waals surface area (Å²) < 4.78 is 5.03. The molecule has 1 aliphatic rings. The van der Waals surface area contributed by atoms with E-state index in [0.717, 1.165) is 0 Å². The number of amides is 1. The van der Waals surface area contributed by atoms with Crippen LogP contribution in [0.2, 0.25) is 0 Å². The minimum atomic E-state index is -0.280. The quantitative estimate of drug-likeness (QED) is 0.607. The second-order valence-corrected chi connectivity index (χ2v) is 4.46. The van der Waals surface area contributed by atoms with Crippen molar-refractivity contribution in [1.82, 2.24) is 5.32 Å². The van der Waals surface area contributed by atoms with Gasteiger partial charge in [-0.3, -0.25) is 4.79 Å². The highest BCUT2D eigenvalue weighted by atomic mass is 32.2. The SMILES string of the molecule is O=C1N/C(=N/N=C/c2ccco2)S[C@@H]1CCO. The Morgan fingerprint density at radius 1 is 1.65 bits per heavy atom. The zero-order valence-corrected chi connectivity index (χ0v) is 9.68. The van der Waals surface area contributed by atoms with Gasteiger partial charge in [-0.15, -0.1) is 5.10 Å². The number of amidine groups is 1.